The molecule has 3 nitrogen and oxygen atoms in total. The van der Waals surface area contributed by atoms with Crippen LogP contribution in [0.2, 0.25) is 0 Å². The summed E-state index contributed by atoms with van der Waals surface area (Å²) >= 11 is 0. The topological polar surface area (TPSA) is 40.5 Å². The summed E-state index contributed by atoms with van der Waals surface area (Å²) < 4.78 is 0. The minimum Gasteiger partial charge on any atom is -0.387 e. The second-order valence-electron chi connectivity index (χ2n) is 3.94. The molecule has 0 spiro atoms. The van der Waals surface area contributed by atoms with Gasteiger partial charge in [0.2, 0.25) is 5.91 Å². The summed E-state index contributed by atoms with van der Waals surface area (Å²) in [6, 6.07) is 0. The van der Waals surface area contributed by atoms with Crippen molar-refractivity contribution in [3.8, 4) is 0 Å². The number of likely N-dealkylation sites (N-methyl/N-ethyl adjacent to an activating group) is 1. The molecule has 0 aromatic heterocycles. The average Bonchev–Trinajstić information content (AvgIpc) is 2.18. The number of amides is 1. The van der Waals surface area contributed by atoms with Crippen molar-refractivity contribution in [2.45, 2.75) is 32.1 Å². The lowest BCUT2D eigenvalue weighted by molar-refractivity contribution is -0.133. The Balaban J connectivity index is 2.25. The highest BCUT2D eigenvalue weighted by Crippen LogP contribution is 2.23. The fourth-order valence-corrected chi connectivity index (χ4v) is 1.98. The summed E-state index contributed by atoms with van der Waals surface area (Å²) in [6.07, 6.45) is 6.41. The van der Waals surface area contributed by atoms with Gasteiger partial charge in [-0.25, -0.2) is 0 Å². The molecule has 0 aromatic carbocycles. The Kier molecular flexibility index (Phi) is 4.22. The second kappa shape index (κ2) is 5.22. The summed E-state index contributed by atoms with van der Waals surface area (Å²) in [4.78, 5) is 12.7. The van der Waals surface area contributed by atoms with Crippen LogP contribution in [0.3, 0.4) is 0 Å². The van der Waals surface area contributed by atoms with Crippen LogP contribution in [-0.4, -0.2) is 36.1 Å². The van der Waals surface area contributed by atoms with Crippen LogP contribution in [0.15, 0.2) is 0 Å². The predicted octanol–water partition coefficient (Wildman–Crippen LogP) is 1.02. The molecule has 3 heteroatoms. The van der Waals surface area contributed by atoms with Gasteiger partial charge in [-0.15, -0.1) is 0 Å². The molecule has 1 aliphatic carbocycles. The number of hydrogen-bond donors (Lipinski definition) is 1. The molecule has 1 fully saturated rings. The first-order chi connectivity index (χ1) is 6.24. The molecule has 0 aromatic rings. The highest BCUT2D eigenvalue weighted by molar-refractivity contribution is 5.76. The summed E-state index contributed by atoms with van der Waals surface area (Å²) in [7, 11) is 1.77. The quantitative estimate of drug-likeness (QED) is 0.713. The average molecular weight is 185 g/mol. The Hall–Kier alpha value is -0.570. The van der Waals surface area contributed by atoms with E-state index in [2.05, 4.69) is 0 Å². The molecule has 1 N–H and O–H groups in total. The van der Waals surface area contributed by atoms with Gasteiger partial charge in [0, 0.05) is 13.6 Å². The molecule has 0 radical (unpaired) electrons. The fourth-order valence-electron chi connectivity index (χ4n) is 1.98. The third-order valence-corrected chi connectivity index (χ3v) is 2.82. The van der Waals surface area contributed by atoms with Gasteiger partial charge in [0.1, 0.15) is 6.61 Å². The molecule has 0 heterocycles. The molecular weight excluding hydrogens is 166 g/mol. The Morgan fingerprint density at radius 3 is 2.54 bits per heavy atom. The van der Waals surface area contributed by atoms with Gasteiger partial charge in [0.05, 0.1) is 0 Å². The Bertz CT molecular complexity index is 164. The van der Waals surface area contributed by atoms with Gasteiger partial charge in [-0.2, -0.15) is 0 Å². The van der Waals surface area contributed by atoms with E-state index in [9.17, 15) is 4.79 Å². The first-order valence-corrected chi connectivity index (χ1v) is 5.09. The van der Waals surface area contributed by atoms with Crippen molar-refractivity contribution < 1.29 is 9.90 Å². The maximum atomic E-state index is 11.1. The van der Waals surface area contributed by atoms with Crippen LogP contribution in [0.25, 0.3) is 0 Å². The first-order valence-electron chi connectivity index (χ1n) is 5.09. The molecule has 0 aliphatic heterocycles. The van der Waals surface area contributed by atoms with Crippen LogP contribution in [0.5, 0.6) is 0 Å². The van der Waals surface area contributed by atoms with Crippen LogP contribution in [0.1, 0.15) is 32.1 Å². The lowest BCUT2D eigenvalue weighted by atomic mass is 9.89. The third-order valence-electron chi connectivity index (χ3n) is 2.82. The van der Waals surface area contributed by atoms with Crippen molar-refractivity contribution in [2.75, 3.05) is 20.2 Å². The van der Waals surface area contributed by atoms with E-state index in [1.807, 2.05) is 0 Å². The van der Waals surface area contributed by atoms with E-state index >= 15 is 0 Å². The summed E-state index contributed by atoms with van der Waals surface area (Å²) in [5.41, 5.74) is 0. The molecular formula is C10H19NO2. The van der Waals surface area contributed by atoms with Gasteiger partial charge < -0.3 is 10.0 Å². The molecule has 0 atom stereocenters. The number of nitrogens with zero attached hydrogens (tertiary/aromatic N) is 1. The molecule has 1 amide bonds. The normalized spacial score (nSPS) is 18.6. The number of hydrogen-bond acceptors (Lipinski definition) is 2. The molecule has 0 saturated heterocycles. The maximum Gasteiger partial charge on any atom is 0.248 e. The van der Waals surface area contributed by atoms with E-state index in [0.29, 0.717) is 5.92 Å². The number of rotatable bonds is 3. The molecule has 1 aliphatic rings. The van der Waals surface area contributed by atoms with E-state index in [0.717, 1.165) is 6.54 Å². The molecule has 0 unspecified atom stereocenters. The van der Waals surface area contributed by atoms with Crippen molar-refractivity contribution in [3.05, 3.63) is 0 Å². The van der Waals surface area contributed by atoms with E-state index in [-0.39, 0.29) is 12.5 Å². The molecule has 1 saturated carbocycles. The predicted molar refractivity (Wildman–Crippen MR) is 51.3 cm³/mol. The minimum atomic E-state index is -0.358. The van der Waals surface area contributed by atoms with Gasteiger partial charge >= 0.3 is 0 Å². The third kappa shape index (κ3) is 3.35. The first kappa shape index (κ1) is 10.5. The van der Waals surface area contributed by atoms with E-state index < -0.39 is 0 Å². The number of carbonyl (C=O) groups is 1. The van der Waals surface area contributed by atoms with E-state index in [4.69, 9.17) is 5.11 Å². The van der Waals surface area contributed by atoms with Crippen LogP contribution < -0.4 is 0 Å². The maximum absolute atomic E-state index is 11.1. The Morgan fingerprint density at radius 2 is 2.00 bits per heavy atom. The highest BCUT2D eigenvalue weighted by Gasteiger charge is 2.17. The van der Waals surface area contributed by atoms with E-state index in [1.54, 1.807) is 11.9 Å². The van der Waals surface area contributed by atoms with Crippen molar-refractivity contribution in [1.29, 1.82) is 0 Å². The highest BCUT2D eigenvalue weighted by atomic mass is 16.3. The van der Waals surface area contributed by atoms with Gasteiger partial charge in [-0.3, -0.25) is 4.79 Å². The van der Waals surface area contributed by atoms with Gasteiger partial charge in [0.25, 0.3) is 0 Å². The van der Waals surface area contributed by atoms with Crippen LogP contribution in [0.4, 0.5) is 0 Å². The SMILES string of the molecule is CN(CC1CCCCC1)C(=O)CO. The zero-order valence-corrected chi connectivity index (χ0v) is 8.33. The van der Waals surface area contributed by atoms with Crippen LogP contribution in [-0.2, 0) is 4.79 Å². The molecule has 0 bridgehead atoms. The van der Waals surface area contributed by atoms with Crippen molar-refractivity contribution in [3.63, 3.8) is 0 Å². The molecule has 13 heavy (non-hydrogen) atoms. The lowest BCUT2D eigenvalue weighted by Gasteiger charge is -2.26. The number of aliphatic hydroxyl groups excluding tert-OH is 1. The smallest absolute Gasteiger partial charge is 0.248 e. The van der Waals surface area contributed by atoms with Crippen LogP contribution in [0, 0.1) is 5.92 Å². The summed E-state index contributed by atoms with van der Waals surface area (Å²) in [5, 5.41) is 8.64. The van der Waals surface area contributed by atoms with Crippen molar-refractivity contribution in [1.82, 2.24) is 4.90 Å². The summed E-state index contributed by atoms with van der Waals surface area (Å²) in [6.45, 7) is 0.461. The minimum absolute atomic E-state index is 0.162. The Morgan fingerprint density at radius 1 is 1.38 bits per heavy atom. The largest absolute Gasteiger partial charge is 0.387 e. The zero-order chi connectivity index (χ0) is 9.68. The van der Waals surface area contributed by atoms with Crippen molar-refractivity contribution >= 4 is 5.91 Å². The fraction of sp³-hybridized carbons (Fsp3) is 0.900. The van der Waals surface area contributed by atoms with Crippen LogP contribution >= 0.6 is 0 Å². The monoisotopic (exact) mass is 185 g/mol. The van der Waals surface area contributed by atoms with Gasteiger partial charge in [0.15, 0.2) is 0 Å². The summed E-state index contributed by atoms with van der Waals surface area (Å²) in [5.74, 6) is 0.500. The number of carbonyl (C=O) groups excluding carboxylic acids is 1. The van der Waals surface area contributed by atoms with E-state index in [1.165, 1.54) is 32.1 Å². The zero-order valence-electron chi connectivity index (χ0n) is 8.33. The van der Waals surface area contributed by atoms with Crippen molar-refractivity contribution in [2.24, 2.45) is 5.92 Å². The van der Waals surface area contributed by atoms with Gasteiger partial charge in [-0.1, -0.05) is 19.3 Å². The standard InChI is InChI=1S/C10H19NO2/c1-11(10(13)8-12)7-9-5-3-2-4-6-9/h9,12H,2-8H2,1H3. The second-order valence-corrected chi connectivity index (χ2v) is 3.94. The Labute approximate surface area is 79.7 Å². The molecule has 76 valence electrons. The lowest BCUT2D eigenvalue weighted by Crippen LogP contribution is -2.34. The molecule has 1 rings (SSSR count). The number of aliphatic hydroxyl groups is 1. The van der Waals surface area contributed by atoms with Gasteiger partial charge in [-0.05, 0) is 18.8 Å².